The van der Waals surface area contributed by atoms with Gasteiger partial charge in [0.25, 0.3) is 0 Å². The average Bonchev–Trinajstić information content (AvgIpc) is 2.63. The smallest absolute Gasteiger partial charge is 0.147 e. The van der Waals surface area contributed by atoms with Gasteiger partial charge >= 0.3 is 0 Å². The van der Waals surface area contributed by atoms with Gasteiger partial charge in [-0.1, -0.05) is 36.4 Å². The molecule has 0 spiro atoms. The molecule has 0 aliphatic carbocycles. The fourth-order valence-corrected chi connectivity index (χ4v) is 1.89. The fraction of sp³-hybridized carbons (Fsp3) is 0. The minimum absolute atomic E-state index is 0.803. The Kier molecular flexibility index (Phi) is 3.01. The first-order valence-corrected chi connectivity index (χ1v) is 5.55. The third-order valence-corrected chi connectivity index (χ3v) is 2.83. The van der Waals surface area contributed by atoms with Crippen molar-refractivity contribution >= 4 is 36.1 Å². The minimum atomic E-state index is 0.803. The summed E-state index contributed by atoms with van der Waals surface area (Å²) in [5.41, 5.74) is 2.14. The van der Waals surface area contributed by atoms with Crippen LogP contribution in [0.1, 0.15) is 11.3 Å². The summed E-state index contributed by atoms with van der Waals surface area (Å²) in [7, 11) is 0. The molecule has 70 valence electrons. The second-order valence-corrected chi connectivity index (χ2v) is 4.38. The molecule has 1 nitrogen and oxygen atoms in total. The summed E-state index contributed by atoms with van der Waals surface area (Å²) in [6.07, 6.45) is 4.04. The van der Waals surface area contributed by atoms with Gasteiger partial charge < -0.3 is 0 Å². The number of aromatic nitrogens is 1. The Morgan fingerprint density at radius 2 is 1.93 bits per heavy atom. The molecule has 2 aromatic rings. The first kappa shape index (κ1) is 9.49. The van der Waals surface area contributed by atoms with Gasteiger partial charge in [0.05, 0.1) is 5.69 Å². The van der Waals surface area contributed by atoms with Crippen molar-refractivity contribution in [3.8, 4) is 0 Å². The van der Waals surface area contributed by atoms with Gasteiger partial charge in [0.2, 0.25) is 0 Å². The number of rotatable bonds is 2. The lowest BCUT2D eigenvalue weighted by Crippen LogP contribution is -1.71. The Balaban J connectivity index is 2.15. The Hall–Kier alpha value is -1.06. The lowest BCUT2D eigenvalue weighted by Gasteiger charge is -1.89. The van der Waals surface area contributed by atoms with Crippen LogP contribution in [0.2, 0.25) is 0 Å². The van der Waals surface area contributed by atoms with Crippen LogP contribution in [0.4, 0.5) is 0 Å². The van der Waals surface area contributed by atoms with Crippen LogP contribution in [0.25, 0.3) is 12.2 Å². The van der Waals surface area contributed by atoms with E-state index in [-0.39, 0.29) is 0 Å². The zero-order chi connectivity index (χ0) is 9.80. The van der Waals surface area contributed by atoms with Crippen LogP contribution < -0.4 is 0 Å². The average molecular weight is 219 g/mol. The first-order valence-electron chi connectivity index (χ1n) is 4.22. The van der Waals surface area contributed by atoms with Gasteiger partial charge in [-0.2, -0.15) is 0 Å². The Morgan fingerprint density at radius 1 is 1.14 bits per heavy atom. The summed E-state index contributed by atoms with van der Waals surface area (Å²) in [6.45, 7) is 0. The molecule has 14 heavy (non-hydrogen) atoms. The highest BCUT2D eigenvalue weighted by atomic mass is 32.2. The number of thiazole rings is 1. The molecule has 0 atom stereocenters. The number of thiol groups is 1. The van der Waals surface area contributed by atoms with Gasteiger partial charge in [-0.3, -0.25) is 0 Å². The standard InChI is InChI=1S/C11H9NS2/c13-11-12-10(8-14-11)7-6-9-4-2-1-3-5-9/h1-8H,(H,12,13)/b7-6+. The van der Waals surface area contributed by atoms with Crippen LogP contribution in [0.5, 0.6) is 0 Å². The molecule has 2 rings (SSSR count). The number of nitrogens with zero attached hydrogens (tertiary/aromatic N) is 1. The lowest BCUT2D eigenvalue weighted by atomic mass is 10.2. The van der Waals surface area contributed by atoms with Crippen molar-refractivity contribution in [1.82, 2.24) is 4.98 Å². The zero-order valence-electron chi connectivity index (χ0n) is 7.42. The van der Waals surface area contributed by atoms with Crippen LogP contribution in [0.15, 0.2) is 40.1 Å². The van der Waals surface area contributed by atoms with E-state index in [1.807, 2.05) is 35.7 Å². The molecule has 0 amide bonds. The summed E-state index contributed by atoms with van der Waals surface area (Å²) >= 11 is 5.70. The van der Waals surface area contributed by atoms with E-state index in [4.69, 9.17) is 0 Å². The molecule has 0 saturated carbocycles. The second kappa shape index (κ2) is 4.44. The fourth-order valence-electron chi connectivity index (χ4n) is 1.10. The van der Waals surface area contributed by atoms with Crippen LogP contribution >= 0.6 is 24.0 Å². The predicted octanol–water partition coefficient (Wildman–Crippen LogP) is 3.60. The summed E-state index contributed by atoms with van der Waals surface area (Å²) in [5.74, 6) is 0. The molecule has 3 heteroatoms. The molecule has 1 aromatic carbocycles. The maximum absolute atomic E-state index is 4.22. The molecule has 0 aliphatic rings. The molecule has 1 heterocycles. The third-order valence-electron chi connectivity index (χ3n) is 1.76. The van der Waals surface area contributed by atoms with E-state index in [2.05, 4.69) is 29.7 Å². The second-order valence-electron chi connectivity index (χ2n) is 2.80. The van der Waals surface area contributed by atoms with Crippen LogP contribution in [-0.2, 0) is 0 Å². The third kappa shape index (κ3) is 2.47. The van der Waals surface area contributed by atoms with Crippen molar-refractivity contribution in [3.05, 3.63) is 47.0 Å². The summed E-state index contributed by atoms with van der Waals surface area (Å²) in [4.78, 5) is 4.22. The molecule has 1 aromatic heterocycles. The van der Waals surface area contributed by atoms with Crippen molar-refractivity contribution in [2.24, 2.45) is 0 Å². The quantitative estimate of drug-likeness (QED) is 0.761. The highest BCUT2D eigenvalue weighted by Gasteiger charge is 1.92. The van der Waals surface area contributed by atoms with Crippen molar-refractivity contribution in [2.75, 3.05) is 0 Å². The van der Waals surface area contributed by atoms with Gasteiger partial charge in [0, 0.05) is 5.38 Å². The van der Waals surface area contributed by atoms with Gasteiger partial charge in [-0.25, -0.2) is 4.98 Å². The van der Waals surface area contributed by atoms with Crippen molar-refractivity contribution in [3.63, 3.8) is 0 Å². The van der Waals surface area contributed by atoms with E-state index >= 15 is 0 Å². The molecule has 0 aliphatic heterocycles. The highest BCUT2D eigenvalue weighted by molar-refractivity contribution is 7.82. The van der Waals surface area contributed by atoms with E-state index in [1.54, 1.807) is 11.3 Å². The van der Waals surface area contributed by atoms with Crippen molar-refractivity contribution in [1.29, 1.82) is 0 Å². The largest absolute Gasteiger partial charge is 0.231 e. The zero-order valence-corrected chi connectivity index (χ0v) is 9.13. The normalized spacial score (nSPS) is 10.9. The molecule has 0 saturated heterocycles. The van der Waals surface area contributed by atoms with Crippen molar-refractivity contribution < 1.29 is 0 Å². The predicted molar refractivity (Wildman–Crippen MR) is 64.7 cm³/mol. The highest BCUT2D eigenvalue weighted by Crippen LogP contribution is 2.15. The number of hydrogen-bond acceptors (Lipinski definition) is 3. The Morgan fingerprint density at radius 3 is 2.57 bits per heavy atom. The molecular weight excluding hydrogens is 210 g/mol. The van der Waals surface area contributed by atoms with Gasteiger partial charge in [-0.15, -0.1) is 24.0 Å². The Labute approximate surface area is 92.5 Å². The maximum atomic E-state index is 4.22. The van der Waals surface area contributed by atoms with E-state index in [1.165, 1.54) is 5.56 Å². The number of hydrogen-bond donors (Lipinski definition) is 1. The summed E-state index contributed by atoms with van der Waals surface area (Å²) in [5, 5.41) is 1.99. The van der Waals surface area contributed by atoms with Gasteiger partial charge in [-0.05, 0) is 11.6 Å². The SMILES string of the molecule is Sc1nc(/C=C/c2ccccc2)cs1. The van der Waals surface area contributed by atoms with Crippen LogP contribution in [0.3, 0.4) is 0 Å². The van der Waals surface area contributed by atoms with E-state index < -0.39 is 0 Å². The number of benzene rings is 1. The maximum Gasteiger partial charge on any atom is 0.147 e. The Bertz CT molecular complexity index is 432. The van der Waals surface area contributed by atoms with E-state index in [0.29, 0.717) is 0 Å². The van der Waals surface area contributed by atoms with E-state index in [9.17, 15) is 0 Å². The molecule has 0 bridgehead atoms. The minimum Gasteiger partial charge on any atom is -0.231 e. The van der Waals surface area contributed by atoms with Gasteiger partial charge in [0.15, 0.2) is 0 Å². The summed E-state index contributed by atoms with van der Waals surface area (Å²) in [6, 6.07) is 10.2. The van der Waals surface area contributed by atoms with Crippen molar-refractivity contribution in [2.45, 2.75) is 4.34 Å². The molecule has 0 fully saturated rings. The molecule has 0 radical (unpaired) electrons. The van der Waals surface area contributed by atoms with Gasteiger partial charge in [0.1, 0.15) is 4.34 Å². The monoisotopic (exact) mass is 219 g/mol. The lowest BCUT2D eigenvalue weighted by molar-refractivity contribution is 1.24. The van der Waals surface area contributed by atoms with Crippen LogP contribution in [0, 0.1) is 0 Å². The van der Waals surface area contributed by atoms with E-state index in [0.717, 1.165) is 10.0 Å². The first-order chi connectivity index (χ1) is 6.84. The topological polar surface area (TPSA) is 12.9 Å². The van der Waals surface area contributed by atoms with Crippen LogP contribution in [-0.4, -0.2) is 4.98 Å². The summed E-state index contributed by atoms with van der Waals surface area (Å²) < 4.78 is 0.803. The molecule has 0 N–H and O–H groups in total. The molecular formula is C11H9NS2. The molecule has 0 unspecified atom stereocenters.